The molecule has 2 rings (SSSR count). The standard InChI is InChI=1S/C14H18N2OS/c1-2-17-14-6-4-3-5-12(14)13(16-15)9-11-7-8-18-10-11/h3-8,10,13,16H,2,9,15H2,1H3. The van der Waals surface area contributed by atoms with Crippen LogP contribution < -0.4 is 16.0 Å². The summed E-state index contributed by atoms with van der Waals surface area (Å²) in [5.74, 6) is 6.59. The quantitative estimate of drug-likeness (QED) is 0.621. The number of para-hydroxylation sites is 1. The fourth-order valence-electron chi connectivity index (χ4n) is 1.96. The molecule has 0 aliphatic heterocycles. The maximum absolute atomic E-state index is 5.68. The first kappa shape index (κ1) is 13.1. The molecule has 0 radical (unpaired) electrons. The molecule has 0 fully saturated rings. The van der Waals surface area contributed by atoms with Gasteiger partial charge in [0.2, 0.25) is 0 Å². The number of benzene rings is 1. The Hall–Kier alpha value is -1.36. The van der Waals surface area contributed by atoms with Crippen LogP contribution in [-0.4, -0.2) is 6.61 Å². The Bertz CT molecular complexity index is 470. The van der Waals surface area contributed by atoms with Gasteiger partial charge in [0, 0.05) is 5.56 Å². The smallest absolute Gasteiger partial charge is 0.124 e. The van der Waals surface area contributed by atoms with Gasteiger partial charge >= 0.3 is 0 Å². The van der Waals surface area contributed by atoms with E-state index in [0.29, 0.717) is 6.61 Å². The van der Waals surface area contributed by atoms with E-state index in [1.807, 2.05) is 25.1 Å². The molecule has 96 valence electrons. The molecule has 0 aliphatic carbocycles. The van der Waals surface area contributed by atoms with Crippen molar-refractivity contribution in [2.24, 2.45) is 5.84 Å². The molecular formula is C14H18N2OS. The zero-order valence-corrected chi connectivity index (χ0v) is 11.2. The zero-order chi connectivity index (χ0) is 12.8. The minimum atomic E-state index is 0.0716. The van der Waals surface area contributed by atoms with Gasteiger partial charge in [-0.3, -0.25) is 11.3 Å². The summed E-state index contributed by atoms with van der Waals surface area (Å²) in [5, 5.41) is 4.23. The van der Waals surface area contributed by atoms with E-state index < -0.39 is 0 Å². The first-order valence-corrected chi connectivity index (χ1v) is 6.98. The van der Waals surface area contributed by atoms with Crippen LogP contribution in [0.4, 0.5) is 0 Å². The molecule has 1 unspecified atom stereocenters. The largest absolute Gasteiger partial charge is 0.494 e. The lowest BCUT2D eigenvalue weighted by Gasteiger charge is -2.19. The van der Waals surface area contributed by atoms with Gasteiger partial charge in [-0.15, -0.1) is 0 Å². The van der Waals surface area contributed by atoms with Gasteiger partial charge in [0.1, 0.15) is 5.75 Å². The molecule has 4 heteroatoms. The number of hydrogen-bond acceptors (Lipinski definition) is 4. The van der Waals surface area contributed by atoms with Crippen molar-refractivity contribution in [3.63, 3.8) is 0 Å². The van der Waals surface area contributed by atoms with Crippen molar-refractivity contribution < 1.29 is 4.74 Å². The molecule has 1 aromatic carbocycles. The second kappa shape index (κ2) is 6.54. The highest BCUT2D eigenvalue weighted by Crippen LogP contribution is 2.27. The lowest BCUT2D eigenvalue weighted by molar-refractivity contribution is 0.331. The van der Waals surface area contributed by atoms with Gasteiger partial charge < -0.3 is 4.74 Å². The topological polar surface area (TPSA) is 47.3 Å². The van der Waals surface area contributed by atoms with E-state index in [1.54, 1.807) is 11.3 Å². The van der Waals surface area contributed by atoms with Crippen LogP contribution in [0.2, 0.25) is 0 Å². The van der Waals surface area contributed by atoms with E-state index in [0.717, 1.165) is 17.7 Å². The fraction of sp³-hybridized carbons (Fsp3) is 0.286. The number of hydrogen-bond donors (Lipinski definition) is 2. The third-order valence-corrected chi connectivity index (χ3v) is 3.55. The summed E-state index contributed by atoms with van der Waals surface area (Å²) in [6, 6.07) is 10.2. The second-order valence-electron chi connectivity index (χ2n) is 4.03. The minimum Gasteiger partial charge on any atom is -0.494 e. The highest BCUT2D eigenvalue weighted by Gasteiger charge is 2.15. The molecule has 1 heterocycles. The summed E-state index contributed by atoms with van der Waals surface area (Å²) >= 11 is 1.70. The van der Waals surface area contributed by atoms with Crippen molar-refractivity contribution in [3.8, 4) is 5.75 Å². The molecule has 1 aromatic heterocycles. The number of rotatable bonds is 6. The summed E-state index contributed by atoms with van der Waals surface area (Å²) in [6.07, 6.45) is 0.865. The van der Waals surface area contributed by atoms with Gasteiger partial charge in [-0.1, -0.05) is 18.2 Å². The Kier molecular flexibility index (Phi) is 4.75. The molecule has 2 aromatic rings. The fourth-order valence-corrected chi connectivity index (χ4v) is 2.64. The van der Waals surface area contributed by atoms with Crippen LogP contribution in [0.3, 0.4) is 0 Å². The molecule has 1 atom stereocenters. The van der Waals surface area contributed by atoms with Crippen LogP contribution in [0.15, 0.2) is 41.1 Å². The van der Waals surface area contributed by atoms with Crippen LogP contribution >= 0.6 is 11.3 Å². The maximum Gasteiger partial charge on any atom is 0.124 e. The summed E-state index contributed by atoms with van der Waals surface area (Å²) in [6.45, 7) is 2.65. The second-order valence-corrected chi connectivity index (χ2v) is 4.81. The predicted molar refractivity (Wildman–Crippen MR) is 75.7 cm³/mol. The molecule has 0 amide bonds. The highest BCUT2D eigenvalue weighted by atomic mass is 32.1. The SMILES string of the molecule is CCOc1ccccc1C(Cc1ccsc1)NN. The van der Waals surface area contributed by atoms with Crippen LogP contribution in [0, 0.1) is 0 Å². The summed E-state index contributed by atoms with van der Waals surface area (Å²) in [4.78, 5) is 0. The first-order chi connectivity index (χ1) is 8.85. The molecule has 0 saturated heterocycles. The molecule has 3 nitrogen and oxygen atoms in total. The van der Waals surface area contributed by atoms with E-state index >= 15 is 0 Å². The molecule has 0 aliphatic rings. The van der Waals surface area contributed by atoms with E-state index in [-0.39, 0.29) is 6.04 Å². The minimum absolute atomic E-state index is 0.0716. The Morgan fingerprint density at radius 3 is 2.83 bits per heavy atom. The van der Waals surface area contributed by atoms with Gasteiger partial charge in [0.05, 0.1) is 12.6 Å². The van der Waals surface area contributed by atoms with Crippen LogP contribution in [0.5, 0.6) is 5.75 Å². The number of nitrogens with one attached hydrogen (secondary N) is 1. The Morgan fingerprint density at radius 1 is 1.33 bits per heavy atom. The lowest BCUT2D eigenvalue weighted by atomic mass is 10.0. The highest BCUT2D eigenvalue weighted by molar-refractivity contribution is 7.07. The van der Waals surface area contributed by atoms with E-state index in [9.17, 15) is 0 Å². The third kappa shape index (κ3) is 3.10. The van der Waals surface area contributed by atoms with Gasteiger partial charge in [-0.2, -0.15) is 11.3 Å². The lowest BCUT2D eigenvalue weighted by Crippen LogP contribution is -2.29. The summed E-state index contributed by atoms with van der Waals surface area (Å²) < 4.78 is 5.65. The molecule has 0 bridgehead atoms. The van der Waals surface area contributed by atoms with E-state index in [2.05, 4.69) is 28.3 Å². The third-order valence-electron chi connectivity index (χ3n) is 2.82. The number of ether oxygens (including phenoxy) is 1. The van der Waals surface area contributed by atoms with Crippen LogP contribution in [0.25, 0.3) is 0 Å². The number of hydrazine groups is 1. The van der Waals surface area contributed by atoms with E-state index in [1.165, 1.54) is 5.56 Å². The Labute approximate surface area is 112 Å². The Balaban J connectivity index is 2.21. The monoisotopic (exact) mass is 262 g/mol. The molecule has 3 N–H and O–H groups in total. The maximum atomic E-state index is 5.68. The zero-order valence-electron chi connectivity index (χ0n) is 10.4. The average molecular weight is 262 g/mol. The number of nitrogens with two attached hydrogens (primary N) is 1. The Morgan fingerprint density at radius 2 is 2.17 bits per heavy atom. The van der Waals surface area contributed by atoms with Crippen LogP contribution in [-0.2, 0) is 6.42 Å². The van der Waals surface area contributed by atoms with Gasteiger partial charge in [0.15, 0.2) is 0 Å². The van der Waals surface area contributed by atoms with Gasteiger partial charge in [0.25, 0.3) is 0 Å². The average Bonchev–Trinajstić information content (AvgIpc) is 2.90. The van der Waals surface area contributed by atoms with Crippen molar-refractivity contribution in [3.05, 3.63) is 52.2 Å². The van der Waals surface area contributed by atoms with Crippen molar-refractivity contribution in [2.75, 3.05) is 6.61 Å². The van der Waals surface area contributed by atoms with Crippen molar-refractivity contribution in [1.82, 2.24) is 5.43 Å². The normalized spacial score (nSPS) is 12.3. The number of thiophene rings is 1. The van der Waals surface area contributed by atoms with Crippen molar-refractivity contribution in [2.45, 2.75) is 19.4 Å². The first-order valence-electron chi connectivity index (χ1n) is 6.04. The summed E-state index contributed by atoms with van der Waals surface area (Å²) in [5.41, 5.74) is 5.27. The molecule has 0 spiro atoms. The van der Waals surface area contributed by atoms with Crippen molar-refractivity contribution in [1.29, 1.82) is 0 Å². The van der Waals surface area contributed by atoms with Gasteiger partial charge in [-0.25, -0.2) is 0 Å². The van der Waals surface area contributed by atoms with E-state index in [4.69, 9.17) is 10.6 Å². The summed E-state index contributed by atoms with van der Waals surface area (Å²) in [7, 11) is 0. The molecular weight excluding hydrogens is 244 g/mol. The molecule has 0 saturated carbocycles. The van der Waals surface area contributed by atoms with Gasteiger partial charge in [-0.05, 0) is 41.8 Å². The predicted octanol–water partition coefficient (Wildman–Crippen LogP) is 2.89. The molecule has 18 heavy (non-hydrogen) atoms. The van der Waals surface area contributed by atoms with Crippen molar-refractivity contribution >= 4 is 11.3 Å². The van der Waals surface area contributed by atoms with Crippen LogP contribution in [0.1, 0.15) is 24.1 Å².